The fourth-order valence-corrected chi connectivity index (χ4v) is 3.33. The summed E-state index contributed by atoms with van der Waals surface area (Å²) < 4.78 is 23.3. The molecule has 1 aliphatic rings. The van der Waals surface area contributed by atoms with Gasteiger partial charge in [-0.05, 0) is 42.5 Å². The van der Waals surface area contributed by atoms with Crippen molar-refractivity contribution in [2.24, 2.45) is 0 Å². The van der Waals surface area contributed by atoms with Gasteiger partial charge in [-0.1, -0.05) is 23.2 Å². The normalized spacial score (nSPS) is 13.9. The van der Waals surface area contributed by atoms with E-state index >= 15 is 0 Å². The lowest BCUT2D eigenvalue weighted by Crippen LogP contribution is -2.50. The fourth-order valence-electron chi connectivity index (χ4n) is 2.87. The Morgan fingerprint density at radius 1 is 0.966 bits per heavy atom. The Bertz CT molecular complexity index is 871. The number of halogens is 3. The van der Waals surface area contributed by atoms with Gasteiger partial charge in [-0.3, -0.25) is 4.79 Å². The van der Waals surface area contributed by atoms with Crippen LogP contribution in [-0.2, 0) is 14.3 Å². The zero-order valence-electron chi connectivity index (χ0n) is 15.4. The molecule has 0 spiro atoms. The average molecular weight is 441 g/mol. The van der Waals surface area contributed by atoms with Crippen molar-refractivity contribution in [3.05, 3.63) is 58.3 Å². The lowest BCUT2D eigenvalue weighted by molar-refractivity contribution is -0.153. The molecule has 2 aromatic rings. The highest BCUT2D eigenvalue weighted by Crippen LogP contribution is 2.27. The summed E-state index contributed by atoms with van der Waals surface area (Å²) in [5.74, 6) is -0.932. The molecule has 1 saturated heterocycles. The van der Waals surface area contributed by atoms with Crippen LogP contribution < -0.4 is 9.64 Å². The zero-order chi connectivity index (χ0) is 20.8. The maximum absolute atomic E-state index is 13.0. The molecule has 0 N–H and O–H groups in total. The first-order valence-corrected chi connectivity index (χ1v) is 9.70. The molecule has 9 heteroatoms. The first-order valence-electron chi connectivity index (χ1n) is 8.94. The van der Waals surface area contributed by atoms with Crippen molar-refractivity contribution in [3.63, 3.8) is 0 Å². The molecule has 0 atom stereocenters. The van der Waals surface area contributed by atoms with E-state index in [2.05, 4.69) is 4.90 Å². The van der Waals surface area contributed by atoms with Crippen LogP contribution in [0, 0.1) is 5.82 Å². The number of amides is 1. The second-order valence-corrected chi connectivity index (χ2v) is 7.21. The Morgan fingerprint density at radius 2 is 1.66 bits per heavy atom. The molecule has 6 nitrogen and oxygen atoms in total. The van der Waals surface area contributed by atoms with Crippen molar-refractivity contribution in [2.45, 2.75) is 0 Å². The number of esters is 1. The molecule has 0 aliphatic carbocycles. The van der Waals surface area contributed by atoms with E-state index in [-0.39, 0.29) is 30.0 Å². The number of nitrogens with zero attached hydrogens (tertiary/aromatic N) is 2. The number of benzene rings is 2. The van der Waals surface area contributed by atoms with Gasteiger partial charge in [0.2, 0.25) is 0 Å². The summed E-state index contributed by atoms with van der Waals surface area (Å²) in [7, 11) is 0. The number of hydrogen-bond donors (Lipinski definition) is 0. The van der Waals surface area contributed by atoms with Crippen LogP contribution in [0.15, 0.2) is 42.5 Å². The smallest absolute Gasteiger partial charge is 0.344 e. The molecule has 0 bridgehead atoms. The SMILES string of the molecule is O=C(COc1ccc(Cl)cc1Cl)OCC(=O)N1CCN(c2ccc(F)cc2)CC1. The third-order valence-electron chi connectivity index (χ3n) is 4.42. The predicted molar refractivity (Wildman–Crippen MR) is 108 cm³/mol. The highest BCUT2D eigenvalue weighted by molar-refractivity contribution is 6.35. The van der Waals surface area contributed by atoms with Crippen LogP contribution >= 0.6 is 23.2 Å². The summed E-state index contributed by atoms with van der Waals surface area (Å²) >= 11 is 11.8. The summed E-state index contributed by atoms with van der Waals surface area (Å²) in [6.07, 6.45) is 0. The van der Waals surface area contributed by atoms with Gasteiger partial charge in [0.15, 0.2) is 13.2 Å². The van der Waals surface area contributed by atoms with Gasteiger partial charge in [0.1, 0.15) is 11.6 Å². The number of ether oxygens (including phenoxy) is 2. The molecule has 29 heavy (non-hydrogen) atoms. The van der Waals surface area contributed by atoms with Crippen molar-refractivity contribution in [3.8, 4) is 5.75 Å². The minimum atomic E-state index is -0.672. The highest BCUT2D eigenvalue weighted by Gasteiger charge is 2.22. The van der Waals surface area contributed by atoms with Gasteiger partial charge in [0.05, 0.1) is 5.02 Å². The molecule has 3 rings (SSSR count). The molecule has 1 amide bonds. The van der Waals surface area contributed by atoms with Crippen molar-refractivity contribution >= 4 is 40.8 Å². The first kappa shape index (κ1) is 21.2. The van der Waals surface area contributed by atoms with Gasteiger partial charge < -0.3 is 19.3 Å². The van der Waals surface area contributed by atoms with Gasteiger partial charge in [0.25, 0.3) is 5.91 Å². The van der Waals surface area contributed by atoms with Crippen molar-refractivity contribution in [1.29, 1.82) is 0 Å². The van der Waals surface area contributed by atoms with E-state index < -0.39 is 5.97 Å². The lowest BCUT2D eigenvalue weighted by atomic mass is 10.2. The largest absolute Gasteiger partial charge is 0.480 e. The third kappa shape index (κ3) is 5.98. The Kier molecular flexibility index (Phi) is 7.17. The van der Waals surface area contributed by atoms with E-state index in [1.165, 1.54) is 18.2 Å². The number of anilines is 1. The predicted octanol–water partition coefficient (Wildman–Crippen LogP) is 3.40. The summed E-state index contributed by atoms with van der Waals surface area (Å²) in [4.78, 5) is 27.8. The maximum atomic E-state index is 13.0. The van der Waals surface area contributed by atoms with E-state index in [0.717, 1.165) is 5.69 Å². The number of carbonyl (C=O) groups excluding carboxylic acids is 2. The second-order valence-electron chi connectivity index (χ2n) is 6.37. The molecule has 0 aromatic heterocycles. The lowest BCUT2D eigenvalue weighted by Gasteiger charge is -2.36. The molecule has 1 fully saturated rings. The molecule has 2 aromatic carbocycles. The van der Waals surface area contributed by atoms with E-state index in [1.807, 2.05) is 0 Å². The summed E-state index contributed by atoms with van der Waals surface area (Å²) in [5, 5.41) is 0.732. The van der Waals surface area contributed by atoms with Crippen LogP contribution in [-0.4, -0.2) is 56.2 Å². The van der Waals surface area contributed by atoms with Crippen LogP contribution in [0.25, 0.3) is 0 Å². The number of hydrogen-bond acceptors (Lipinski definition) is 5. The molecular formula is C20H19Cl2FN2O4. The monoisotopic (exact) mass is 440 g/mol. The van der Waals surface area contributed by atoms with E-state index in [1.54, 1.807) is 29.2 Å². The second kappa shape index (κ2) is 9.80. The van der Waals surface area contributed by atoms with Gasteiger partial charge in [-0.25, -0.2) is 9.18 Å². The van der Waals surface area contributed by atoms with Crippen LogP contribution in [0.5, 0.6) is 5.75 Å². The van der Waals surface area contributed by atoms with Gasteiger partial charge in [0, 0.05) is 36.9 Å². The number of carbonyl (C=O) groups is 2. The summed E-state index contributed by atoms with van der Waals surface area (Å²) in [5.41, 5.74) is 0.905. The number of rotatable bonds is 6. The van der Waals surface area contributed by atoms with E-state index in [9.17, 15) is 14.0 Å². The standard InChI is InChI=1S/C20H19Cl2FN2O4/c21-14-1-6-18(17(22)11-14)28-13-20(27)29-12-19(26)25-9-7-24(8-10-25)16-4-2-15(23)3-5-16/h1-6,11H,7-10,12-13H2. The molecule has 0 radical (unpaired) electrons. The third-order valence-corrected chi connectivity index (χ3v) is 4.95. The molecular weight excluding hydrogens is 422 g/mol. The number of piperazine rings is 1. The Balaban J connectivity index is 1.39. The van der Waals surface area contributed by atoms with Crippen LogP contribution in [0.3, 0.4) is 0 Å². The molecule has 0 unspecified atom stereocenters. The van der Waals surface area contributed by atoms with Crippen molar-refractivity contribution < 1.29 is 23.5 Å². The maximum Gasteiger partial charge on any atom is 0.344 e. The van der Waals surface area contributed by atoms with Gasteiger partial charge in [-0.2, -0.15) is 0 Å². The Hall–Kier alpha value is -2.51. The molecule has 0 saturated carbocycles. The highest BCUT2D eigenvalue weighted by atomic mass is 35.5. The Morgan fingerprint density at radius 3 is 2.31 bits per heavy atom. The molecule has 1 heterocycles. The van der Waals surface area contributed by atoms with Crippen LogP contribution in [0.2, 0.25) is 10.0 Å². The fraction of sp³-hybridized carbons (Fsp3) is 0.300. The zero-order valence-corrected chi connectivity index (χ0v) is 17.0. The van der Waals surface area contributed by atoms with Crippen LogP contribution in [0.1, 0.15) is 0 Å². The molecule has 154 valence electrons. The average Bonchev–Trinajstić information content (AvgIpc) is 2.72. The quantitative estimate of drug-likeness (QED) is 0.644. The van der Waals surface area contributed by atoms with E-state index in [0.29, 0.717) is 37.0 Å². The first-order chi connectivity index (χ1) is 13.9. The van der Waals surface area contributed by atoms with Crippen molar-refractivity contribution in [1.82, 2.24) is 4.90 Å². The van der Waals surface area contributed by atoms with E-state index in [4.69, 9.17) is 32.7 Å². The van der Waals surface area contributed by atoms with Gasteiger partial charge >= 0.3 is 5.97 Å². The summed E-state index contributed by atoms with van der Waals surface area (Å²) in [6.45, 7) is 1.49. The topological polar surface area (TPSA) is 59.1 Å². The minimum absolute atomic E-state index is 0.276. The molecule has 1 aliphatic heterocycles. The van der Waals surface area contributed by atoms with Crippen LogP contribution in [0.4, 0.5) is 10.1 Å². The minimum Gasteiger partial charge on any atom is -0.480 e. The van der Waals surface area contributed by atoms with Crippen molar-refractivity contribution in [2.75, 3.05) is 44.3 Å². The summed E-state index contributed by atoms with van der Waals surface area (Å²) in [6, 6.07) is 10.9. The Labute approximate surface area is 177 Å². The van der Waals surface area contributed by atoms with Gasteiger partial charge in [-0.15, -0.1) is 0 Å².